The summed E-state index contributed by atoms with van der Waals surface area (Å²) >= 11 is 0. The average Bonchev–Trinajstić information content (AvgIpc) is 3.22. The number of halogens is 4. The Balaban J connectivity index is 1.67. The first-order valence-electron chi connectivity index (χ1n) is 9.42. The molecule has 0 bridgehead atoms. The zero-order valence-electron chi connectivity index (χ0n) is 16.8. The van der Waals surface area contributed by atoms with E-state index in [-0.39, 0.29) is 16.5 Å². The number of carbonyl (C=O) groups excluding carboxylic acids is 1. The van der Waals surface area contributed by atoms with Gasteiger partial charge in [-0.3, -0.25) is 9.52 Å². The van der Waals surface area contributed by atoms with Crippen molar-refractivity contribution in [3.8, 4) is 6.07 Å². The van der Waals surface area contributed by atoms with Crippen molar-refractivity contribution in [1.82, 2.24) is 9.97 Å². The molecule has 2 aromatic carbocycles. The summed E-state index contributed by atoms with van der Waals surface area (Å²) in [6, 6.07) is 9.41. The van der Waals surface area contributed by atoms with E-state index in [2.05, 4.69) is 9.97 Å². The molecule has 0 fully saturated rings. The third-order valence-corrected chi connectivity index (χ3v) is 6.27. The van der Waals surface area contributed by atoms with Crippen LogP contribution in [-0.2, 0) is 16.2 Å². The van der Waals surface area contributed by atoms with Crippen LogP contribution < -0.4 is 4.72 Å². The van der Waals surface area contributed by atoms with Gasteiger partial charge in [-0.2, -0.15) is 18.4 Å². The van der Waals surface area contributed by atoms with Gasteiger partial charge in [0.2, 0.25) is 0 Å². The van der Waals surface area contributed by atoms with Crippen molar-refractivity contribution in [3.05, 3.63) is 89.0 Å². The van der Waals surface area contributed by atoms with Gasteiger partial charge >= 0.3 is 6.18 Å². The van der Waals surface area contributed by atoms with E-state index in [0.29, 0.717) is 17.8 Å². The lowest BCUT2D eigenvalue weighted by molar-refractivity contribution is -0.137. The molecule has 0 saturated carbocycles. The van der Waals surface area contributed by atoms with Crippen molar-refractivity contribution >= 4 is 32.5 Å². The molecule has 0 aliphatic rings. The van der Waals surface area contributed by atoms with E-state index >= 15 is 4.39 Å². The summed E-state index contributed by atoms with van der Waals surface area (Å²) < 4.78 is 80.4. The van der Waals surface area contributed by atoms with E-state index in [4.69, 9.17) is 5.26 Å². The summed E-state index contributed by atoms with van der Waals surface area (Å²) in [5, 5.41) is 9.33. The monoisotopic (exact) mass is 488 g/mol. The number of hydrogen-bond donors (Lipinski definition) is 2. The molecule has 34 heavy (non-hydrogen) atoms. The van der Waals surface area contributed by atoms with E-state index in [0.717, 1.165) is 24.3 Å². The predicted molar refractivity (Wildman–Crippen MR) is 113 cm³/mol. The fourth-order valence-corrected chi connectivity index (χ4v) is 4.27. The summed E-state index contributed by atoms with van der Waals surface area (Å²) in [6.45, 7) is 0. The van der Waals surface area contributed by atoms with Gasteiger partial charge in [0, 0.05) is 23.3 Å². The Labute approximate surface area is 189 Å². The number of benzene rings is 2. The van der Waals surface area contributed by atoms with Gasteiger partial charge in [0.15, 0.2) is 11.6 Å². The molecule has 172 valence electrons. The molecule has 7 nitrogen and oxygen atoms in total. The molecule has 12 heteroatoms. The molecule has 4 rings (SSSR count). The molecule has 0 radical (unpaired) electrons. The van der Waals surface area contributed by atoms with Gasteiger partial charge in [0.1, 0.15) is 11.7 Å². The largest absolute Gasteiger partial charge is 0.416 e. The van der Waals surface area contributed by atoms with E-state index in [1.807, 2.05) is 10.8 Å². The van der Waals surface area contributed by atoms with Crippen LogP contribution in [0, 0.1) is 17.1 Å². The third kappa shape index (κ3) is 4.20. The van der Waals surface area contributed by atoms with Crippen LogP contribution in [0.15, 0.2) is 65.8 Å². The number of H-pyrrole nitrogens is 1. The van der Waals surface area contributed by atoms with Crippen molar-refractivity contribution in [2.45, 2.75) is 11.1 Å². The van der Waals surface area contributed by atoms with Crippen LogP contribution >= 0.6 is 0 Å². The Morgan fingerprint density at radius 3 is 2.44 bits per heavy atom. The first-order valence-corrected chi connectivity index (χ1v) is 10.9. The van der Waals surface area contributed by atoms with Crippen molar-refractivity contribution in [3.63, 3.8) is 0 Å². The van der Waals surface area contributed by atoms with Crippen LogP contribution in [0.3, 0.4) is 0 Å². The molecule has 0 amide bonds. The number of pyridine rings is 1. The number of nitrogens with one attached hydrogen (secondary N) is 2. The number of hydrogen-bond acceptors (Lipinski definition) is 5. The molecular formula is C22H12F4N4O3S. The molecular weight excluding hydrogens is 476 g/mol. The smallest absolute Gasteiger partial charge is 0.345 e. The number of nitriles is 1. The van der Waals surface area contributed by atoms with Gasteiger partial charge in [-0.25, -0.2) is 17.8 Å². The summed E-state index contributed by atoms with van der Waals surface area (Å²) in [5.74, 6) is -1.97. The fraction of sp³-hybridized carbons (Fsp3) is 0.0455. The quantitative estimate of drug-likeness (QED) is 0.314. The predicted octanol–water partition coefficient (Wildman–Crippen LogP) is 4.62. The van der Waals surface area contributed by atoms with Crippen LogP contribution in [0.25, 0.3) is 11.0 Å². The van der Waals surface area contributed by atoms with Crippen LogP contribution in [0.4, 0.5) is 23.2 Å². The number of aromatic nitrogens is 2. The molecule has 2 N–H and O–H groups in total. The first-order chi connectivity index (χ1) is 16.0. The number of fused-ring (bicyclic) bond motifs is 1. The van der Waals surface area contributed by atoms with Crippen molar-refractivity contribution in [1.29, 1.82) is 5.26 Å². The van der Waals surface area contributed by atoms with Crippen molar-refractivity contribution < 1.29 is 30.8 Å². The SMILES string of the molecule is N#Cc1cnc2[nH]cc(C(=O)c3cccc(NS(=O)(=O)c4ccc(C(F)(F)F)cc4)c3F)c2c1. The number of anilines is 1. The molecule has 0 aliphatic carbocycles. The van der Waals surface area contributed by atoms with E-state index in [1.54, 1.807) is 0 Å². The Bertz CT molecular complexity index is 1570. The minimum absolute atomic E-state index is 0.0150. The minimum atomic E-state index is -4.65. The minimum Gasteiger partial charge on any atom is -0.345 e. The lowest BCUT2D eigenvalue weighted by Gasteiger charge is -2.12. The van der Waals surface area contributed by atoms with Crippen LogP contribution in [0.1, 0.15) is 27.0 Å². The maximum absolute atomic E-state index is 15.2. The Kier molecular flexibility index (Phi) is 5.58. The van der Waals surface area contributed by atoms with E-state index in [9.17, 15) is 26.4 Å². The summed E-state index contributed by atoms with van der Waals surface area (Å²) in [5.41, 5.74) is -1.59. The number of aromatic amines is 1. The molecule has 0 aliphatic heterocycles. The van der Waals surface area contributed by atoms with Gasteiger partial charge in [-0.05, 0) is 42.5 Å². The Morgan fingerprint density at radius 1 is 1.09 bits per heavy atom. The fourth-order valence-electron chi connectivity index (χ4n) is 3.21. The number of nitrogens with zero attached hydrogens (tertiary/aromatic N) is 2. The molecule has 0 saturated heterocycles. The highest BCUT2D eigenvalue weighted by atomic mass is 32.2. The van der Waals surface area contributed by atoms with Gasteiger partial charge in [-0.1, -0.05) is 6.07 Å². The number of alkyl halides is 3. The Morgan fingerprint density at radius 2 is 1.79 bits per heavy atom. The first kappa shape index (κ1) is 22.9. The standard InChI is InChI=1S/C22H12F4N4O3S/c23-19-15(20(31)17-11-29-21-16(17)8-12(9-27)10-28-21)2-1-3-18(19)30-34(32,33)14-6-4-13(5-7-14)22(24,25)26/h1-8,10-11,30H,(H,28,29). The zero-order chi connectivity index (χ0) is 24.7. The molecule has 0 unspecified atom stereocenters. The van der Waals surface area contributed by atoms with E-state index in [1.165, 1.54) is 24.5 Å². The normalized spacial score (nSPS) is 11.9. The van der Waals surface area contributed by atoms with Crippen LogP contribution in [0.5, 0.6) is 0 Å². The molecule has 4 aromatic rings. The lowest BCUT2D eigenvalue weighted by Crippen LogP contribution is -2.16. The summed E-state index contributed by atoms with van der Waals surface area (Å²) in [4.78, 5) is 19.2. The number of ketones is 1. The van der Waals surface area contributed by atoms with Crippen molar-refractivity contribution in [2.24, 2.45) is 0 Å². The van der Waals surface area contributed by atoms with Crippen molar-refractivity contribution in [2.75, 3.05) is 4.72 Å². The van der Waals surface area contributed by atoms with Crippen LogP contribution in [0.2, 0.25) is 0 Å². The van der Waals surface area contributed by atoms with Gasteiger partial charge < -0.3 is 4.98 Å². The topological polar surface area (TPSA) is 116 Å². The lowest BCUT2D eigenvalue weighted by atomic mass is 10.0. The third-order valence-electron chi connectivity index (χ3n) is 4.88. The number of carbonyl (C=O) groups is 1. The van der Waals surface area contributed by atoms with Gasteiger partial charge in [0.25, 0.3) is 10.0 Å². The number of rotatable bonds is 5. The summed E-state index contributed by atoms with van der Waals surface area (Å²) in [6.07, 6.45) is -2.06. The summed E-state index contributed by atoms with van der Waals surface area (Å²) in [7, 11) is -4.46. The maximum atomic E-state index is 15.2. The highest BCUT2D eigenvalue weighted by Crippen LogP contribution is 2.31. The Hall–Kier alpha value is -4.24. The number of sulfonamides is 1. The van der Waals surface area contributed by atoms with E-state index < -0.39 is 49.5 Å². The average molecular weight is 488 g/mol. The molecule has 0 spiro atoms. The maximum Gasteiger partial charge on any atom is 0.416 e. The highest BCUT2D eigenvalue weighted by molar-refractivity contribution is 7.92. The molecule has 0 atom stereocenters. The second-order valence-corrected chi connectivity index (χ2v) is 8.74. The van der Waals surface area contributed by atoms with Gasteiger partial charge in [0.05, 0.1) is 27.3 Å². The highest BCUT2D eigenvalue weighted by Gasteiger charge is 2.31. The molecule has 2 heterocycles. The zero-order valence-corrected chi connectivity index (χ0v) is 17.6. The second kappa shape index (κ2) is 8.27. The van der Waals surface area contributed by atoms with Crippen LogP contribution in [-0.4, -0.2) is 24.2 Å². The second-order valence-electron chi connectivity index (χ2n) is 7.06. The van der Waals surface area contributed by atoms with Gasteiger partial charge in [-0.15, -0.1) is 0 Å². The molecule has 2 aromatic heterocycles.